The van der Waals surface area contributed by atoms with E-state index in [1.807, 2.05) is 0 Å². The molecule has 1 aromatic rings. The Bertz CT molecular complexity index is 302. The van der Waals surface area contributed by atoms with Crippen molar-refractivity contribution in [3.05, 3.63) is 28.7 Å². The normalized spacial score (nSPS) is 14.2. The number of halogens is 4. The van der Waals surface area contributed by atoms with Crippen LogP contribution in [-0.2, 0) is 11.2 Å². The van der Waals surface area contributed by atoms with E-state index >= 15 is 0 Å². The van der Waals surface area contributed by atoms with Crippen LogP contribution in [-0.4, -0.2) is 10.1 Å². The first kappa shape index (κ1) is 10.9. The van der Waals surface area contributed by atoms with Crippen LogP contribution in [0.3, 0.4) is 0 Å². The van der Waals surface area contributed by atoms with Gasteiger partial charge in [0.05, 0.1) is 4.47 Å². The molecule has 0 saturated heterocycles. The SMILES string of the molecule is [O-][S+](c1ccccc1Br)C(F)(F)F. The number of hydrogen-bond acceptors (Lipinski definition) is 1. The average Bonchev–Trinajstić information content (AvgIpc) is 2.02. The van der Waals surface area contributed by atoms with Crippen molar-refractivity contribution in [2.45, 2.75) is 10.4 Å². The van der Waals surface area contributed by atoms with Crippen LogP contribution in [0.25, 0.3) is 0 Å². The van der Waals surface area contributed by atoms with E-state index in [0.717, 1.165) is 0 Å². The summed E-state index contributed by atoms with van der Waals surface area (Å²) in [4.78, 5) is -0.255. The maximum atomic E-state index is 12.0. The lowest BCUT2D eigenvalue weighted by atomic mass is 10.4. The van der Waals surface area contributed by atoms with Gasteiger partial charge in [-0.25, -0.2) is 0 Å². The minimum atomic E-state index is -4.70. The molecule has 0 aromatic heterocycles. The fourth-order valence-corrected chi connectivity index (χ4v) is 2.14. The third-order valence-electron chi connectivity index (χ3n) is 1.25. The zero-order valence-electron chi connectivity index (χ0n) is 6.14. The van der Waals surface area contributed by atoms with Gasteiger partial charge < -0.3 is 4.55 Å². The standard InChI is InChI=1S/C7H4BrF3OS/c8-5-3-1-2-4-6(5)13(12)7(9,10)11/h1-4H. The van der Waals surface area contributed by atoms with Crippen LogP contribution in [0, 0.1) is 0 Å². The first-order chi connectivity index (χ1) is 5.93. The Kier molecular flexibility index (Phi) is 3.26. The van der Waals surface area contributed by atoms with E-state index in [4.69, 9.17) is 0 Å². The van der Waals surface area contributed by atoms with Gasteiger partial charge in [-0.1, -0.05) is 12.1 Å². The topological polar surface area (TPSA) is 23.1 Å². The maximum Gasteiger partial charge on any atom is 0.578 e. The molecule has 1 rings (SSSR count). The quantitative estimate of drug-likeness (QED) is 0.721. The van der Waals surface area contributed by atoms with Gasteiger partial charge in [-0.2, -0.15) is 0 Å². The van der Waals surface area contributed by atoms with E-state index in [9.17, 15) is 17.7 Å². The van der Waals surface area contributed by atoms with Gasteiger partial charge >= 0.3 is 5.51 Å². The molecule has 0 spiro atoms. The second-order valence-corrected chi connectivity index (χ2v) is 4.44. The molecule has 0 heterocycles. The van der Waals surface area contributed by atoms with E-state index in [2.05, 4.69) is 15.9 Å². The summed E-state index contributed by atoms with van der Waals surface area (Å²) in [6.07, 6.45) is 0. The van der Waals surface area contributed by atoms with Crippen molar-refractivity contribution in [3.8, 4) is 0 Å². The van der Waals surface area contributed by atoms with Crippen LogP contribution in [0.4, 0.5) is 13.2 Å². The molecule has 0 bridgehead atoms. The van der Waals surface area contributed by atoms with Crippen molar-refractivity contribution < 1.29 is 17.7 Å². The van der Waals surface area contributed by atoms with Gasteiger partial charge in [0, 0.05) is 0 Å². The highest BCUT2D eigenvalue weighted by molar-refractivity contribution is 9.10. The first-order valence-corrected chi connectivity index (χ1v) is 5.10. The van der Waals surface area contributed by atoms with Crippen molar-refractivity contribution in [1.82, 2.24) is 0 Å². The van der Waals surface area contributed by atoms with Gasteiger partial charge in [0.1, 0.15) is 11.2 Å². The third-order valence-corrected chi connectivity index (χ3v) is 3.38. The van der Waals surface area contributed by atoms with E-state index < -0.39 is 16.7 Å². The minimum Gasteiger partial charge on any atom is -0.604 e. The molecule has 0 amide bonds. The molecule has 72 valence electrons. The molecule has 1 nitrogen and oxygen atoms in total. The van der Waals surface area contributed by atoms with Crippen LogP contribution >= 0.6 is 15.9 Å². The average molecular weight is 273 g/mol. The summed E-state index contributed by atoms with van der Waals surface area (Å²) >= 11 is -0.0629. The van der Waals surface area contributed by atoms with Gasteiger partial charge in [0.25, 0.3) is 0 Å². The molecule has 1 aromatic carbocycles. The number of rotatable bonds is 1. The van der Waals surface area contributed by atoms with Crippen molar-refractivity contribution in [2.75, 3.05) is 0 Å². The Labute approximate surface area is 84.3 Å². The molecular weight excluding hydrogens is 269 g/mol. The lowest BCUT2D eigenvalue weighted by Crippen LogP contribution is -2.23. The molecule has 1 atom stereocenters. The van der Waals surface area contributed by atoms with Gasteiger partial charge in [0.2, 0.25) is 0 Å². The summed E-state index contributed by atoms with van der Waals surface area (Å²) in [7, 11) is 0. The van der Waals surface area contributed by atoms with Crippen LogP contribution in [0.2, 0.25) is 0 Å². The molecule has 0 saturated carbocycles. The third kappa shape index (κ3) is 2.62. The van der Waals surface area contributed by atoms with Gasteiger partial charge in [-0.15, -0.1) is 13.2 Å². The van der Waals surface area contributed by atoms with Crippen molar-refractivity contribution in [1.29, 1.82) is 0 Å². The monoisotopic (exact) mass is 272 g/mol. The van der Waals surface area contributed by atoms with Gasteiger partial charge in [-0.3, -0.25) is 0 Å². The zero-order valence-corrected chi connectivity index (χ0v) is 8.54. The Morgan fingerprint density at radius 1 is 1.23 bits per heavy atom. The predicted octanol–water partition coefficient (Wildman–Crippen LogP) is 3.08. The highest BCUT2D eigenvalue weighted by Crippen LogP contribution is 2.33. The molecule has 1 unspecified atom stereocenters. The van der Waals surface area contributed by atoms with E-state index in [1.54, 1.807) is 6.07 Å². The molecule has 0 fully saturated rings. The van der Waals surface area contributed by atoms with E-state index in [0.29, 0.717) is 0 Å². The van der Waals surface area contributed by atoms with Crippen molar-refractivity contribution in [3.63, 3.8) is 0 Å². The summed E-state index contributed by atoms with van der Waals surface area (Å²) in [5.74, 6) is 0. The minimum absolute atomic E-state index is 0.200. The summed E-state index contributed by atoms with van der Waals surface area (Å²) in [5, 5.41) is 0. The molecule has 0 aliphatic rings. The predicted molar refractivity (Wildman–Crippen MR) is 46.6 cm³/mol. The number of alkyl halides is 3. The summed E-state index contributed by atoms with van der Waals surface area (Å²) < 4.78 is 47.0. The molecule has 6 heteroatoms. The molecular formula is C7H4BrF3OS. The molecule has 0 aliphatic heterocycles. The lowest BCUT2D eigenvalue weighted by molar-refractivity contribution is -0.0435. The first-order valence-electron chi connectivity index (χ1n) is 3.16. The highest BCUT2D eigenvalue weighted by Gasteiger charge is 2.46. The second kappa shape index (κ2) is 3.89. The van der Waals surface area contributed by atoms with Crippen LogP contribution in [0.1, 0.15) is 0 Å². The van der Waals surface area contributed by atoms with Crippen LogP contribution < -0.4 is 0 Å². The van der Waals surface area contributed by atoms with E-state index in [1.165, 1.54) is 18.2 Å². The van der Waals surface area contributed by atoms with E-state index in [-0.39, 0.29) is 9.37 Å². The Morgan fingerprint density at radius 3 is 2.23 bits per heavy atom. The largest absolute Gasteiger partial charge is 0.604 e. The lowest BCUT2D eigenvalue weighted by Gasteiger charge is -2.12. The molecule has 0 N–H and O–H groups in total. The smallest absolute Gasteiger partial charge is 0.578 e. The fraction of sp³-hybridized carbons (Fsp3) is 0.143. The number of hydrogen-bond donors (Lipinski definition) is 0. The summed E-state index contributed by atoms with van der Waals surface area (Å²) in [5.41, 5.74) is -4.70. The molecule has 0 radical (unpaired) electrons. The Hall–Kier alpha value is -0.200. The maximum absolute atomic E-state index is 12.0. The van der Waals surface area contributed by atoms with Crippen molar-refractivity contribution >= 4 is 27.1 Å². The number of benzene rings is 1. The summed E-state index contributed by atoms with van der Waals surface area (Å²) in [6, 6.07) is 5.55. The highest BCUT2D eigenvalue weighted by atomic mass is 79.9. The van der Waals surface area contributed by atoms with Crippen molar-refractivity contribution in [2.24, 2.45) is 0 Å². The van der Waals surface area contributed by atoms with Crippen LogP contribution in [0.15, 0.2) is 33.6 Å². The van der Waals surface area contributed by atoms with Gasteiger partial charge in [0.15, 0.2) is 4.90 Å². The Morgan fingerprint density at radius 2 is 1.77 bits per heavy atom. The molecule has 0 aliphatic carbocycles. The van der Waals surface area contributed by atoms with Gasteiger partial charge in [-0.05, 0) is 28.1 Å². The fourth-order valence-electron chi connectivity index (χ4n) is 0.720. The Balaban J connectivity index is 3.02. The molecule has 13 heavy (non-hydrogen) atoms. The second-order valence-electron chi connectivity index (χ2n) is 2.14. The summed E-state index contributed by atoms with van der Waals surface area (Å²) in [6.45, 7) is 0. The van der Waals surface area contributed by atoms with Crippen LogP contribution in [0.5, 0.6) is 0 Å². The zero-order chi connectivity index (χ0) is 10.1.